The molecule has 1 aliphatic carbocycles. The molecule has 1 heterocycles. The molecule has 1 saturated carbocycles. The Balaban J connectivity index is 1.74. The summed E-state index contributed by atoms with van der Waals surface area (Å²) in [6.07, 6.45) is 8.03. The molecule has 1 fully saturated rings. The Morgan fingerprint density at radius 1 is 1.40 bits per heavy atom. The number of rotatable bonds is 6. The van der Waals surface area contributed by atoms with Gasteiger partial charge < -0.3 is 5.32 Å². The van der Waals surface area contributed by atoms with Crippen LogP contribution in [0.5, 0.6) is 0 Å². The molecule has 0 aliphatic heterocycles. The van der Waals surface area contributed by atoms with Crippen LogP contribution >= 0.6 is 15.9 Å². The van der Waals surface area contributed by atoms with Crippen LogP contribution in [0.4, 0.5) is 0 Å². The van der Waals surface area contributed by atoms with Crippen LogP contribution in [-0.2, 0) is 20.0 Å². The van der Waals surface area contributed by atoms with Crippen molar-refractivity contribution in [3.05, 3.63) is 15.9 Å². The zero-order chi connectivity index (χ0) is 14.5. The predicted molar refractivity (Wildman–Crippen MR) is 87.7 cm³/mol. The van der Waals surface area contributed by atoms with Crippen molar-refractivity contribution in [1.82, 2.24) is 15.1 Å². The lowest BCUT2D eigenvalue weighted by molar-refractivity contribution is 0.267. The van der Waals surface area contributed by atoms with Crippen LogP contribution in [0.15, 0.2) is 4.47 Å². The lowest BCUT2D eigenvalue weighted by atomic mass is 9.81. The molecule has 0 spiro atoms. The van der Waals surface area contributed by atoms with Crippen molar-refractivity contribution >= 4 is 15.9 Å². The first-order chi connectivity index (χ1) is 9.61. The van der Waals surface area contributed by atoms with Crippen LogP contribution in [0.2, 0.25) is 0 Å². The van der Waals surface area contributed by atoms with Crippen molar-refractivity contribution in [1.29, 1.82) is 0 Å². The zero-order valence-corrected chi connectivity index (χ0v) is 14.7. The SMILES string of the molecule is CCc1nn(C)c(CNCCC2CCCC(C)C2)c1Br. The van der Waals surface area contributed by atoms with Crippen molar-refractivity contribution in [2.75, 3.05) is 6.54 Å². The van der Waals surface area contributed by atoms with Gasteiger partial charge in [0.15, 0.2) is 0 Å². The van der Waals surface area contributed by atoms with E-state index in [4.69, 9.17) is 0 Å². The van der Waals surface area contributed by atoms with Crippen molar-refractivity contribution in [3.8, 4) is 0 Å². The molecule has 0 bridgehead atoms. The molecular weight excluding hydrogens is 314 g/mol. The van der Waals surface area contributed by atoms with E-state index in [-0.39, 0.29) is 0 Å². The molecule has 4 heteroatoms. The Morgan fingerprint density at radius 3 is 2.85 bits per heavy atom. The number of halogens is 1. The van der Waals surface area contributed by atoms with Crippen LogP contribution in [-0.4, -0.2) is 16.3 Å². The van der Waals surface area contributed by atoms with Gasteiger partial charge in [-0.15, -0.1) is 0 Å². The molecular formula is C16H28BrN3. The fraction of sp³-hybridized carbons (Fsp3) is 0.812. The Labute approximate surface area is 131 Å². The van der Waals surface area contributed by atoms with E-state index in [1.165, 1.54) is 42.3 Å². The van der Waals surface area contributed by atoms with Crippen molar-refractivity contribution in [2.45, 2.75) is 58.9 Å². The minimum Gasteiger partial charge on any atom is -0.311 e. The number of hydrogen-bond acceptors (Lipinski definition) is 2. The van der Waals surface area contributed by atoms with E-state index in [0.29, 0.717) is 0 Å². The Bertz CT molecular complexity index is 428. The van der Waals surface area contributed by atoms with E-state index in [9.17, 15) is 0 Å². The molecule has 1 aromatic heterocycles. The lowest BCUT2D eigenvalue weighted by Crippen LogP contribution is -2.22. The summed E-state index contributed by atoms with van der Waals surface area (Å²) in [5.74, 6) is 1.87. The topological polar surface area (TPSA) is 29.9 Å². The Hall–Kier alpha value is -0.350. The average Bonchev–Trinajstić information content (AvgIpc) is 2.70. The Morgan fingerprint density at radius 2 is 2.20 bits per heavy atom. The molecule has 2 unspecified atom stereocenters. The predicted octanol–water partition coefficient (Wildman–Crippen LogP) is 4.05. The highest BCUT2D eigenvalue weighted by molar-refractivity contribution is 9.10. The fourth-order valence-corrected chi connectivity index (χ4v) is 4.10. The van der Waals surface area contributed by atoms with Crippen molar-refractivity contribution in [2.24, 2.45) is 18.9 Å². The van der Waals surface area contributed by atoms with Gasteiger partial charge in [-0.1, -0.05) is 33.1 Å². The minimum atomic E-state index is 0.909. The second kappa shape index (κ2) is 7.60. The highest BCUT2D eigenvalue weighted by atomic mass is 79.9. The number of nitrogens with zero attached hydrogens (tertiary/aromatic N) is 2. The second-order valence-electron chi connectivity index (χ2n) is 6.29. The summed E-state index contributed by atoms with van der Waals surface area (Å²) in [6, 6.07) is 0. The van der Waals surface area contributed by atoms with Gasteiger partial charge in [-0.3, -0.25) is 4.68 Å². The van der Waals surface area contributed by atoms with E-state index in [2.05, 4.69) is 40.2 Å². The number of aromatic nitrogens is 2. The van der Waals surface area contributed by atoms with Crippen LogP contribution in [0.25, 0.3) is 0 Å². The standard InChI is InChI=1S/C16H28BrN3/c1-4-14-16(17)15(20(3)19-14)11-18-9-8-13-7-5-6-12(2)10-13/h12-13,18H,4-11H2,1-3H3. The van der Waals surface area contributed by atoms with Crippen LogP contribution in [0.1, 0.15) is 57.3 Å². The second-order valence-corrected chi connectivity index (χ2v) is 7.08. The third-order valence-electron chi connectivity index (χ3n) is 4.57. The first-order valence-electron chi connectivity index (χ1n) is 8.02. The monoisotopic (exact) mass is 341 g/mol. The van der Waals surface area contributed by atoms with E-state index in [0.717, 1.165) is 37.0 Å². The number of aryl methyl sites for hydroxylation is 2. The highest BCUT2D eigenvalue weighted by Gasteiger charge is 2.18. The van der Waals surface area contributed by atoms with Gasteiger partial charge in [0.25, 0.3) is 0 Å². The Kier molecular flexibility index (Phi) is 6.09. The largest absolute Gasteiger partial charge is 0.311 e. The number of hydrogen-bond donors (Lipinski definition) is 1. The molecule has 0 aromatic carbocycles. The molecule has 1 aliphatic rings. The summed E-state index contributed by atoms with van der Waals surface area (Å²) in [7, 11) is 2.03. The maximum absolute atomic E-state index is 4.54. The summed E-state index contributed by atoms with van der Waals surface area (Å²) in [5.41, 5.74) is 2.42. The minimum absolute atomic E-state index is 0.909. The third kappa shape index (κ3) is 4.08. The van der Waals surface area contributed by atoms with Crippen molar-refractivity contribution < 1.29 is 0 Å². The molecule has 114 valence electrons. The summed E-state index contributed by atoms with van der Waals surface area (Å²) in [5, 5.41) is 8.13. The lowest BCUT2D eigenvalue weighted by Gasteiger charge is -2.26. The third-order valence-corrected chi connectivity index (χ3v) is 5.49. The number of nitrogens with one attached hydrogen (secondary N) is 1. The molecule has 20 heavy (non-hydrogen) atoms. The average molecular weight is 342 g/mol. The summed E-state index contributed by atoms with van der Waals surface area (Å²) < 4.78 is 3.18. The van der Waals surface area contributed by atoms with Gasteiger partial charge in [-0.05, 0) is 53.6 Å². The molecule has 0 radical (unpaired) electrons. The van der Waals surface area contributed by atoms with Crippen molar-refractivity contribution in [3.63, 3.8) is 0 Å². The highest BCUT2D eigenvalue weighted by Crippen LogP contribution is 2.30. The molecule has 2 atom stereocenters. The van der Waals surface area contributed by atoms with E-state index >= 15 is 0 Å². The molecule has 1 aromatic rings. The first-order valence-corrected chi connectivity index (χ1v) is 8.82. The molecule has 3 nitrogen and oxygen atoms in total. The summed E-state index contributed by atoms with van der Waals surface area (Å²) in [4.78, 5) is 0. The van der Waals surface area contributed by atoms with Gasteiger partial charge in [-0.2, -0.15) is 5.10 Å². The summed E-state index contributed by atoms with van der Waals surface area (Å²) in [6.45, 7) is 6.58. The summed E-state index contributed by atoms with van der Waals surface area (Å²) >= 11 is 3.68. The van der Waals surface area contributed by atoms with Gasteiger partial charge in [0.05, 0.1) is 15.9 Å². The molecule has 1 N–H and O–H groups in total. The van der Waals surface area contributed by atoms with Gasteiger partial charge in [0.2, 0.25) is 0 Å². The van der Waals surface area contributed by atoms with E-state index < -0.39 is 0 Å². The zero-order valence-electron chi connectivity index (χ0n) is 13.1. The van der Waals surface area contributed by atoms with Crippen LogP contribution in [0, 0.1) is 11.8 Å². The van der Waals surface area contributed by atoms with Crippen LogP contribution in [0.3, 0.4) is 0 Å². The fourth-order valence-electron chi connectivity index (χ4n) is 3.35. The quantitative estimate of drug-likeness (QED) is 0.791. The maximum Gasteiger partial charge on any atom is 0.0767 e. The maximum atomic E-state index is 4.54. The normalized spacial score (nSPS) is 23.2. The smallest absolute Gasteiger partial charge is 0.0767 e. The molecule has 2 rings (SSSR count). The molecule has 0 saturated heterocycles. The molecule has 0 amide bonds. The van der Waals surface area contributed by atoms with E-state index in [1.807, 2.05) is 11.7 Å². The van der Waals surface area contributed by atoms with Gasteiger partial charge in [-0.25, -0.2) is 0 Å². The van der Waals surface area contributed by atoms with Gasteiger partial charge in [0, 0.05) is 13.6 Å². The van der Waals surface area contributed by atoms with Gasteiger partial charge >= 0.3 is 0 Å². The first kappa shape index (κ1) is 16.0. The van der Waals surface area contributed by atoms with Gasteiger partial charge in [0.1, 0.15) is 0 Å². The van der Waals surface area contributed by atoms with E-state index in [1.54, 1.807) is 0 Å². The van der Waals surface area contributed by atoms with Crippen LogP contribution < -0.4 is 5.32 Å².